The highest BCUT2D eigenvalue weighted by atomic mass is 19.4. The molecule has 7 heteroatoms. The topological polar surface area (TPSA) is 55.8 Å². The number of carboxylic acid groups (broad SMARTS) is 1. The lowest BCUT2D eigenvalue weighted by atomic mass is 9.97. The third-order valence-corrected chi connectivity index (χ3v) is 2.96. The average Bonchev–Trinajstić information content (AvgIpc) is 2.37. The lowest BCUT2D eigenvalue weighted by Crippen LogP contribution is -2.40. The van der Waals surface area contributed by atoms with Gasteiger partial charge in [-0.25, -0.2) is 4.79 Å². The second kappa shape index (κ2) is 4.73. The molecule has 0 fully saturated rings. The van der Waals surface area contributed by atoms with E-state index in [0.717, 1.165) is 6.08 Å². The first-order valence-corrected chi connectivity index (χ1v) is 5.61. The molecule has 1 N–H and O–H groups in total. The Balaban J connectivity index is 2.65. The summed E-state index contributed by atoms with van der Waals surface area (Å²) in [7, 11) is 1.30. The van der Waals surface area contributed by atoms with Gasteiger partial charge in [-0.3, -0.25) is 0 Å². The lowest BCUT2D eigenvalue weighted by Gasteiger charge is -2.28. The number of benzene rings is 1. The van der Waals surface area contributed by atoms with Crippen molar-refractivity contribution in [3.05, 3.63) is 28.8 Å². The fraction of sp³-hybridized carbons (Fsp3) is 0.308. The highest BCUT2D eigenvalue weighted by molar-refractivity contribution is 5.95. The molecule has 2 rings (SSSR count). The van der Waals surface area contributed by atoms with Gasteiger partial charge in [0.05, 0.1) is 12.7 Å². The molecule has 4 nitrogen and oxygen atoms in total. The van der Waals surface area contributed by atoms with Crippen LogP contribution in [0.2, 0.25) is 0 Å². The first-order valence-electron chi connectivity index (χ1n) is 5.61. The molecule has 1 aromatic rings. The van der Waals surface area contributed by atoms with Crippen LogP contribution in [0.3, 0.4) is 0 Å². The number of carboxylic acids is 1. The van der Waals surface area contributed by atoms with Crippen molar-refractivity contribution in [2.45, 2.75) is 19.2 Å². The van der Waals surface area contributed by atoms with Crippen molar-refractivity contribution in [3.63, 3.8) is 0 Å². The molecule has 1 aliphatic heterocycles. The summed E-state index contributed by atoms with van der Waals surface area (Å²) in [6.45, 7) is 1.64. The lowest BCUT2D eigenvalue weighted by molar-refractivity contribution is -0.187. The van der Waals surface area contributed by atoms with E-state index in [1.165, 1.54) is 13.2 Å². The van der Waals surface area contributed by atoms with Crippen molar-refractivity contribution < 1.29 is 32.5 Å². The highest BCUT2D eigenvalue weighted by Gasteiger charge is 2.49. The van der Waals surface area contributed by atoms with E-state index in [0.29, 0.717) is 5.56 Å². The summed E-state index contributed by atoms with van der Waals surface area (Å²) in [6.07, 6.45) is -6.35. The van der Waals surface area contributed by atoms with Gasteiger partial charge >= 0.3 is 12.1 Å². The zero-order chi connectivity index (χ0) is 15.1. The maximum atomic E-state index is 12.9. The van der Waals surface area contributed by atoms with Crippen LogP contribution in [0.1, 0.15) is 11.1 Å². The number of alkyl halides is 3. The van der Waals surface area contributed by atoms with Gasteiger partial charge in [-0.15, -0.1) is 0 Å². The summed E-state index contributed by atoms with van der Waals surface area (Å²) in [5, 5.41) is 8.94. The van der Waals surface area contributed by atoms with Crippen LogP contribution in [0.25, 0.3) is 6.08 Å². The zero-order valence-corrected chi connectivity index (χ0v) is 10.6. The summed E-state index contributed by atoms with van der Waals surface area (Å²) in [5.74, 6) is -1.64. The number of fused-ring (bicyclic) bond motifs is 1. The van der Waals surface area contributed by atoms with Gasteiger partial charge in [0.25, 0.3) is 0 Å². The molecule has 0 saturated carbocycles. The van der Waals surface area contributed by atoms with Crippen LogP contribution in [0.4, 0.5) is 13.2 Å². The number of aliphatic carboxylic acids is 1. The van der Waals surface area contributed by atoms with Gasteiger partial charge in [-0.2, -0.15) is 13.2 Å². The SMILES string of the molecule is COc1ccc(C)c2c1OC(C(F)(F)F)C(C(=O)O)=C2. The van der Waals surface area contributed by atoms with Gasteiger partial charge in [0.1, 0.15) is 0 Å². The van der Waals surface area contributed by atoms with Crippen molar-refractivity contribution in [3.8, 4) is 11.5 Å². The molecular formula is C13H11F3O4. The maximum absolute atomic E-state index is 12.9. The summed E-state index contributed by atoms with van der Waals surface area (Å²) in [5.41, 5.74) is 0.0313. The molecule has 1 aliphatic rings. The molecule has 1 aromatic carbocycles. The summed E-state index contributed by atoms with van der Waals surface area (Å²) in [6, 6.07) is 3.09. The first-order chi connectivity index (χ1) is 9.25. The fourth-order valence-corrected chi connectivity index (χ4v) is 1.97. The van der Waals surface area contributed by atoms with Gasteiger partial charge in [-0.05, 0) is 24.6 Å². The van der Waals surface area contributed by atoms with Gasteiger partial charge < -0.3 is 14.6 Å². The van der Waals surface area contributed by atoms with Gasteiger partial charge in [0, 0.05) is 5.56 Å². The molecule has 20 heavy (non-hydrogen) atoms. The molecule has 1 unspecified atom stereocenters. The Morgan fingerprint density at radius 3 is 2.55 bits per heavy atom. The minimum atomic E-state index is -4.82. The standard InChI is InChI=1S/C13H11F3O4/c1-6-3-4-9(19-2)10-7(6)5-8(12(17)18)11(20-10)13(14,15)16/h3-5,11H,1-2H3,(H,17,18). The van der Waals surface area contributed by atoms with Crippen LogP contribution in [-0.4, -0.2) is 30.5 Å². The molecule has 0 radical (unpaired) electrons. The van der Waals surface area contributed by atoms with E-state index < -0.39 is 23.8 Å². The number of aryl methyl sites for hydroxylation is 1. The van der Waals surface area contributed by atoms with E-state index in [9.17, 15) is 18.0 Å². The normalized spacial score (nSPS) is 17.9. The number of hydrogen-bond donors (Lipinski definition) is 1. The molecule has 108 valence electrons. The maximum Gasteiger partial charge on any atom is 0.430 e. The minimum absolute atomic E-state index is 0.0974. The minimum Gasteiger partial charge on any atom is -0.493 e. The molecule has 0 aliphatic carbocycles. The Hall–Kier alpha value is -2.18. The number of halogens is 3. The first kappa shape index (κ1) is 14.2. The Morgan fingerprint density at radius 2 is 2.05 bits per heavy atom. The van der Waals surface area contributed by atoms with Gasteiger partial charge in [-0.1, -0.05) is 6.07 Å². The quantitative estimate of drug-likeness (QED) is 0.909. The number of carbonyl (C=O) groups is 1. The second-order valence-corrected chi connectivity index (χ2v) is 4.27. The smallest absolute Gasteiger partial charge is 0.430 e. The number of hydrogen-bond acceptors (Lipinski definition) is 3. The average molecular weight is 288 g/mol. The Labute approximate surface area is 112 Å². The van der Waals surface area contributed by atoms with E-state index in [2.05, 4.69) is 0 Å². The van der Waals surface area contributed by atoms with Crippen LogP contribution in [-0.2, 0) is 4.79 Å². The monoisotopic (exact) mass is 288 g/mol. The largest absolute Gasteiger partial charge is 0.493 e. The molecule has 1 heterocycles. The van der Waals surface area contributed by atoms with E-state index in [4.69, 9.17) is 14.6 Å². The number of rotatable bonds is 2. The van der Waals surface area contributed by atoms with E-state index in [1.807, 2.05) is 0 Å². The molecule has 0 aromatic heterocycles. The predicted molar refractivity (Wildman–Crippen MR) is 63.8 cm³/mol. The Bertz CT molecular complexity index is 590. The molecule has 0 saturated heterocycles. The van der Waals surface area contributed by atoms with Crippen molar-refractivity contribution in [2.24, 2.45) is 0 Å². The fourth-order valence-electron chi connectivity index (χ4n) is 1.97. The van der Waals surface area contributed by atoms with E-state index in [1.54, 1.807) is 13.0 Å². The third kappa shape index (κ3) is 2.31. The number of ether oxygens (including phenoxy) is 2. The van der Waals surface area contributed by atoms with Crippen LogP contribution in [0.5, 0.6) is 11.5 Å². The predicted octanol–water partition coefficient (Wildman–Crippen LogP) is 2.79. The summed E-state index contributed by atoms with van der Waals surface area (Å²) >= 11 is 0. The Kier molecular flexibility index (Phi) is 3.37. The Morgan fingerprint density at radius 1 is 1.40 bits per heavy atom. The van der Waals surface area contributed by atoms with Crippen molar-refractivity contribution in [1.29, 1.82) is 0 Å². The summed E-state index contributed by atoms with van der Waals surface area (Å²) in [4.78, 5) is 11.0. The number of methoxy groups -OCH3 is 1. The van der Waals surface area contributed by atoms with Gasteiger partial charge in [0.2, 0.25) is 6.10 Å². The van der Waals surface area contributed by atoms with Crippen molar-refractivity contribution in [2.75, 3.05) is 7.11 Å². The van der Waals surface area contributed by atoms with Crippen molar-refractivity contribution >= 4 is 12.0 Å². The van der Waals surface area contributed by atoms with Crippen LogP contribution in [0.15, 0.2) is 17.7 Å². The third-order valence-electron chi connectivity index (χ3n) is 2.96. The van der Waals surface area contributed by atoms with E-state index in [-0.39, 0.29) is 17.1 Å². The van der Waals surface area contributed by atoms with E-state index >= 15 is 0 Å². The highest BCUT2D eigenvalue weighted by Crippen LogP contribution is 2.43. The molecular weight excluding hydrogens is 277 g/mol. The molecule has 0 bridgehead atoms. The molecule has 0 spiro atoms. The molecule has 0 amide bonds. The van der Waals surface area contributed by atoms with Crippen molar-refractivity contribution in [1.82, 2.24) is 0 Å². The van der Waals surface area contributed by atoms with Gasteiger partial charge in [0.15, 0.2) is 11.5 Å². The van der Waals surface area contributed by atoms with Crippen LogP contribution in [0, 0.1) is 6.92 Å². The second-order valence-electron chi connectivity index (χ2n) is 4.27. The molecule has 1 atom stereocenters. The van der Waals surface area contributed by atoms with Crippen LogP contribution >= 0.6 is 0 Å². The summed E-state index contributed by atoms with van der Waals surface area (Å²) < 4.78 is 48.6. The van der Waals surface area contributed by atoms with Crippen LogP contribution < -0.4 is 9.47 Å². The zero-order valence-electron chi connectivity index (χ0n) is 10.6.